The maximum Gasteiger partial charge on any atom is 1.00 e. The summed E-state index contributed by atoms with van der Waals surface area (Å²) in [5, 5.41) is 24.4. The van der Waals surface area contributed by atoms with Gasteiger partial charge in [-0.15, -0.1) is 0 Å². The van der Waals surface area contributed by atoms with E-state index in [0.717, 1.165) is 62.0 Å². The fraction of sp³-hybridized carbons (Fsp3) is 0.349. The van der Waals surface area contributed by atoms with Crippen molar-refractivity contribution >= 4 is 50.8 Å². The first-order chi connectivity index (χ1) is 26.9. The van der Waals surface area contributed by atoms with E-state index >= 15 is 0 Å². The molecular formula is C43H52K2N4O9S. The van der Waals surface area contributed by atoms with Gasteiger partial charge in [0.1, 0.15) is 0 Å². The predicted molar refractivity (Wildman–Crippen MR) is 221 cm³/mol. The van der Waals surface area contributed by atoms with E-state index in [4.69, 9.17) is 5.11 Å². The third kappa shape index (κ3) is 13.3. The average Bonchev–Trinajstić information content (AvgIpc) is 3.21. The SMILES string of the molecule is CCN(C1CCC(C(=O)O)CC1)S(=O)(=O)c1cccc(C(=O)Nc2ccc(N3CCCCC3)cc2C(=O)Nc2ccc(CCc3ccc(C(=O)O)cc3)cc2)c1.O.[H-].[H-].[K+].[K+]. The summed E-state index contributed by atoms with van der Waals surface area (Å²) >= 11 is 0. The Hall–Kier alpha value is -2.30. The van der Waals surface area contributed by atoms with E-state index in [9.17, 15) is 32.7 Å². The van der Waals surface area contributed by atoms with Gasteiger partial charge in [0.05, 0.1) is 27.6 Å². The normalized spacial score (nSPS) is 16.4. The summed E-state index contributed by atoms with van der Waals surface area (Å²) in [6, 6.07) is 25.1. The van der Waals surface area contributed by atoms with E-state index in [-0.39, 0.29) is 151 Å². The fourth-order valence-corrected chi connectivity index (χ4v) is 9.34. The number of aliphatic carboxylic acids is 1. The van der Waals surface area contributed by atoms with E-state index in [1.807, 2.05) is 42.5 Å². The average molecular weight is 879 g/mol. The second kappa shape index (κ2) is 23.8. The molecule has 0 radical (unpaired) electrons. The molecule has 306 valence electrons. The van der Waals surface area contributed by atoms with E-state index in [1.165, 1.54) is 28.6 Å². The summed E-state index contributed by atoms with van der Waals surface area (Å²) in [6.07, 6.45) is 6.36. The van der Waals surface area contributed by atoms with Crippen molar-refractivity contribution in [2.24, 2.45) is 5.92 Å². The van der Waals surface area contributed by atoms with Gasteiger partial charge in [-0.3, -0.25) is 14.4 Å². The van der Waals surface area contributed by atoms with Crippen LogP contribution in [-0.4, -0.2) is 77.8 Å². The number of amides is 2. The number of hydrogen-bond donors (Lipinski definition) is 4. The van der Waals surface area contributed by atoms with Gasteiger partial charge in [0.25, 0.3) is 11.8 Å². The number of sulfonamides is 1. The molecular weight excluding hydrogens is 827 g/mol. The van der Waals surface area contributed by atoms with Gasteiger partial charge in [-0.05, 0) is 130 Å². The Morgan fingerprint density at radius 2 is 1.36 bits per heavy atom. The number of carbonyl (C=O) groups is 4. The number of aromatic carboxylic acids is 1. The molecule has 0 unspecified atom stereocenters. The Morgan fingerprint density at radius 3 is 1.93 bits per heavy atom. The van der Waals surface area contributed by atoms with Crippen LogP contribution in [0.25, 0.3) is 0 Å². The number of benzene rings is 4. The Kier molecular flexibility index (Phi) is 20.6. The summed E-state index contributed by atoms with van der Waals surface area (Å²) in [6.45, 7) is 3.67. The number of nitrogens with zero attached hydrogens (tertiary/aromatic N) is 2. The molecule has 1 heterocycles. The second-order valence-corrected chi connectivity index (χ2v) is 16.4. The molecule has 0 atom stereocenters. The molecule has 1 saturated carbocycles. The van der Waals surface area contributed by atoms with E-state index in [2.05, 4.69) is 15.5 Å². The zero-order valence-corrected chi connectivity index (χ0v) is 41.0. The van der Waals surface area contributed by atoms with E-state index < -0.39 is 39.7 Å². The number of carbonyl (C=O) groups excluding carboxylic acids is 2. The first-order valence-electron chi connectivity index (χ1n) is 19.2. The Labute approximate surface area is 433 Å². The molecule has 16 heteroatoms. The Bertz CT molecular complexity index is 2190. The molecule has 2 amide bonds. The molecule has 59 heavy (non-hydrogen) atoms. The summed E-state index contributed by atoms with van der Waals surface area (Å²) in [5.74, 6) is -3.29. The zero-order chi connectivity index (χ0) is 39.8. The van der Waals surface area contributed by atoms with Crippen LogP contribution in [0.4, 0.5) is 17.1 Å². The number of rotatable bonds is 14. The van der Waals surface area contributed by atoms with Crippen molar-refractivity contribution in [3.63, 3.8) is 0 Å². The van der Waals surface area contributed by atoms with Gasteiger partial charge >= 0.3 is 115 Å². The first kappa shape index (κ1) is 51.1. The number of carboxylic acids is 2. The van der Waals surface area contributed by atoms with Gasteiger partial charge in [0.2, 0.25) is 10.0 Å². The number of carboxylic acid groups (broad SMARTS) is 2. The standard InChI is InChI=1S/C43H48N4O8S.2K.H2O.2H/c1-2-47(35-21-17-32(18-22-35)43(52)53)56(54,55)37-8-6-7-33(27-37)40(48)45-39-24-23-36(46-25-4-3-5-26-46)28-38(39)41(49)44-34-19-13-30(14-20-34)10-9-29-11-15-31(16-12-29)42(50)51;;;;;/h6-8,11-16,19-20,23-24,27-28,32,35H,2-5,9-10,17-18,21-22,25-26H2,1H3,(H,44,49)(H,45,48)(H,50,51)(H,52,53);;;1H2;;/q;2*+1;;2*-1. The largest absolute Gasteiger partial charge is 1.00 e. The first-order valence-corrected chi connectivity index (χ1v) is 20.6. The molecule has 4 aromatic rings. The number of hydrogen-bond acceptors (Lipinski definition) is 7. The number of anilines is 3. The fourth-order valence-electron chi connectivity index (χ4n) is 7.60. The molecule has 1 aliphatic carbocycles. The van der Waals surface area contributed by atoms with Gasteiger partial charge in [0, 0.05) is 42.6 Å². The molecule has 1 aliphatic heterocycles. The molecule has 13 nitrogen and oxygen atoms in total. The number of aryl methyl sites for hydroxylation is 2. The van der Waals surface area contributed by atoms with Crippen LogP contribution in [0.3, 0.4) is 0 Å². The smallest absolute Gasteiger partial charge is 1.00 e. The summed E-state index contributed by atoms with van der Waals surface area (Å²) in [5.41, 5.74) is 4.38. The molecule has 2 aliphatic rings. The monoisotopic (exact) mass is 878 g/mol. The topological polar surface area (TPSA) is 205 Å². The van der Waals surface area contributed by atoms with Gasteiger partial charge in [-0.1, -0.05) is 37.3 Å². The van der Waals surface area contributed by atoms with Crippen molar-refractivity contribution < 1.29 is 149 Å². The van der Waals surface area contributed by atoms with Crippen LogP contribution < -0.4 is 118 Å². The predicted octanol–water partition coefficient (Wildman–Crippen LogP) is 0.727. The summed E-state index contributed by atoms with van der Waals surface area (Å²) < 4.78 is 29.1. The van der Waals surface area contributed by atoms with Crippen LogP contribution >= 0.6 is 0 Å². The van der Waals surface area contributed by atoms with Crippen molar-refractivity contribution in [3.05, 3.63) is 119 Å². The quantitative estimate of drug-likeness (QED) is 0.132. The zero-order valence-electron chi connectivity index (χ0n) is 35.9. The van der Waals surface area contributed by atoms with Crippen molar-refractivity contribution in [2.75, 3.05) is 35.2 Å². The Balaban J connectivity index is 0.00000372. The second-order valence-electron chi connectivity index (χ2n) is 14.5. The molecule has 0 aromatic heterocycles. The van der Waals surface area contributed by atoms with Crippen LogP contribution in [0.2, 0.25) is 0 Å². The minimum absolute atomic E-state index is 0. The molecule has 1 saturated heterocycles. The molecule has 6 N–H and O–H groups in total. The maximum atomic E-state index is 13.9. The van der Waals surface area contributed by atoms with Crippen LogP contribution in [0.15, 0.2) is 95.9 Å². The van der Waals surface area contributed by atoms with Crippen LogP contribution in [0, 0.1) is 5.92 Å². The summed E-state index contributed by atoms with van der Waals surface area (Å²) in [4.78, 5) is 52.5. The minimum atomic E-state index is -4.00. The van der Waals surface area contributed by atoms with Crippen molar-refractivity contribution in [2.45, 2.75) is 75.6 Å². The van der Waals surface area contributed by atoms with E-state index in [1.54, 1.807) is 31.2 Å². The van der Waals surface area contributed by atoms with Gasteiger partial charge in [0.15, 0.2) is 0 Å². The van der Waals surface area contributed by atoms with Crippen molar-refractivity contribution in [3.8, 4) is 0 Å². The van der Waals surface area contributed by atoms with Gasteiger partial charge < -0.3 is 34.1 Å². The Morgan fingerprint density at radius 1 is 0.746 bits per heavy atom. The van der Waals surface area contributed by atoms with Crippen LogP contribution in [-0.2, 0) is 27.7 Å². The molecule has 0 bridgehead atoms. The molecule has 6 rings (SSSR count). The van der Waals surface area contributed by atoms with Crippen molar-refractivity contribution in [1.29, 1.82) is 0 Å². The number of nitrogens with one attached hydrogen (secondary N) is 2. The van der Waals surface area contributed by atoms with E-state index in [0.29, 0.717) is 31.4 Å². The maximum absolute atomic E-state index is 13.9. The summed E-state index contributed by atoms with van der Waals surface area (Å²) in [7, 11) is -4.00. The third-order valence-electron chi connectivity index (χ3n) is 10.8. The third-order valence-corrected chi connectivity index (χ3v) is 12.8. The minimum Gasteiger partial charge on any atom is -1.00 e. The van der Waals surface area contributed by atoms with Gasteiger partial charge in [-0.2, -0.15) is 4.31 Å². The van der Waals surface area contributed by atoms with Crippen LogP contribution in [0.1, 0.15) is 96.9 Å². The molecule has 0 spiro atoms. The van der Waals surface area contributed by atoms with Crippen molar-refractivity contribution in [1.82, 2.24) is 4.31 Å². The van der Waals surface area contributed by atoms with Crippen LogP contribution in [0.5, 0.6) is 0 Å². The van der Waals surface area contributed by atoms with Gasteiger partial charge in [-0.25, -0.2) is 13.2 Å². The number of piperidine rings is 1. The molecule has 4 aromatic carbocycles. The molecule has 2 fully saturated rings.